The van der Waals surface area contributed by atoms with E-state index in [0.29, 0.717) is 0 Å². The zero-order valence-corrected chi connectivity index (χ0v) is 19.3. The fourth-order valence-corrected chi connectivity index (χ4v) is 4.16. The van der Waals surface area contributed by atoms with Gasteiger partial charge in [-0.05, 0) is 87.8 Å². The van der Waals surface area contributed by atoms with Gasteiger partial charge >= 0.3 is 0 Å². The summed E-state index contributed by atoms with van der Waals surface area (Å²) in [5, 5.41) is 0. The number of hydrogen-bond acceptors (Lipinski definition) is 0. The Morgan fingerprint density at radius 1 is 0.476 bits per heavy atom. The van der Waals surface area contributed by atoms with Crippen LogP contribution in [-0.4, -0.2) is 13.3 Å². The summed E-state index contributed by atoms with van der Waals surface area (Å²) in [6.07, 6.45) is 11.9. The van der Waals surface area contributed by atoms with Crippen LogP contribution in [0.1, 0.15) is 55.2 Å². The molecule has 0 radical (unpaired) electrons. The number of benzene rings is 1. The first-order valence-corrected chi connectivity index (χ1v) is 12.7. The second kappa shape index (κ2) is 13.8. The predicted molar refractivity (Wildman–Crippen MR) is 122 cm³/mol. The summed E-state index contributed by atoms with van der Waals surface area (Å²) in [5.41, 5.74) is 4.74. The number of aryl methyl sites for hydroxylation is 3. The molecule has 0 aromatic heterocycles. The minimum Gasteiger partial charge on any atom is -0.0864 e. The molecule has 0 aliphatic heterocycles. The highest BCUT2D eigenvalue weighted by Gasteiger charge is 2.03. The Labute approximate surface area is 172 Å². The highest BCUT2D eigenvalue weighted by molar-refractivity contribution is 14.1. The van der Waals surface area contributed by atoms with Gasteiger partial charge in [0.15, 0.2) is 0 Å². The van der Waals surface area contributed by atoms with Gasteiger partial charge in [-0.1, -0.05) is 86.0 Å². The third-order valence-electron chi connectivity index (χ3n) is 3.66. The second-order valence-electron chi connectivity index (χ2n) is 5.60. The molecule has 120 valence electrons. The van der Waals surface area contributed by atoms with Gasteiger partial charge in [-0.3, -0.25) is 0 Å². The Morgan fingerprint density at radius 2 is 0.762 bits per heavy atom. The fraction of sp³-hybridized carbons (Fsp3) is 0.667. The first kappa shape index (κ1) is 20.5. The standard InChI is InChI=1S/C18H27I3/c19-10-4-1-7-16-13-17(8-2-5-11-20)15-18(14-16)9-3-6-12-21/h13-15H,1-12H2. The molecule has 0 amide bonds. The van der Waals surface area contributed by atoms with Gasteiger partial charge in [0.25, 0.3) is 0 Å². The summed E-state index contributed by atoms with van der Waals surface area (Å²) in [5.74, 6) is 0. The van der Waals surface area contributed by atoms with Crippen LogP contribution in [0.5, 0.6) is 0 Å². The van der Waals surface area contributed by atoms with Crippen molar-refractivity contribution in [2.45, 2.75) is 57.8 Å². The van der Waals surface area contributed by atoms with Gasteiger partial charge in [-0.2, -0.15) is 0 Å². The molecule has 0 atom stereocenters. The maximum Gasteiger partial charge on any atom is -0.000461 e. The molecule has 0 saturated heterocycles. The third kappa shape index (κ3) is 9.99. The summed E-state index contributed by atoms with van der Waals surface area (Å²) in [6.45, 7) is 0. The highest BCUT2D eigenvalue weighted by atomic mass is 127. The van der Waals surface area contributed by atoms with E-state index in [0.717, 1.165) is 0 Å². The summed E-state index contributed by atoms with van der Waals surface area (Å²) < 4.78 is 3.86. The normalized spacial score (nSPS) is 11.0. The largest absolute Gasteiger partial charge is 0.0864 e. The molecule has 0 heterocycles. The summed E-state index contributed by atoms with van der Waals surface area (Å²) in [4.78, 5) is 0. The van der Waals surface area contributed by atoms with E-state index < -0.39 is 0 Å². The molecule has 0 N–H and O–H groups in total. The first-order chi connectivity index (χ1) is 10.3. The van der Waals surface area contributed by atoms with Gasteiger partial charge in [-0.25, -0.2) is 0 Å². The maximum absolute atomic E-state index is 2.49. The minimum atomic E-state index is 1.27. The zero-order valence-electron chi connectivity index (χ0n) is 12.9. The van der Waals surface area contributed by atoms with Gasteiger partial charge in [0.2, 0.25) is 0 Å². The lowest BCUT2D eigenvalue weighted by Gasteiger charge is -2.10. The van der Waals surface area contributed by atoms with E-state index >= 15 is 0 Å². The summed E-state index contributed by atoms with van der Waals surface area (Å²) >= 11 is 7.46. The van der Waals surface area contributed by atoms with Crippen LogP contribution in [0.2, 0.25) is 0 Å². The molecule has 0 unspecified atom stereocenters. The van der Waals surface area contributed by atoms with Gasteiger partial charge in [0.05, 0.1) is 0 Å². The lowest BCUT2D eigenvalue weighted by Crippen LogP contribution is -1.96. The first-order valence-electron chi connectivity index (χ1n) is 8.09. The summed E-state index contributed by atoms with van der Waals surface area (Å²) in [6, 6.07) is 7.42. The van der Waals surface area contributed by atoms with Gasteiger partial charge in [0.1, 0.15) is 0 Å². The van der Waals surface area contributed by atoms with E-state index in [2.05, 4.69) is 86.0 Å². The molecule has 0 fully saturated rings. The van der Waals surface area contributed by atoms with Crippen LogP contribution in [0.15, 0.2) is 18.2 Å². The average molecular weight is 624 g/mol. The molecule has 0 saturated carbocycles. The lowest BCUT2D eigenvalue weighted by molar-refractivity contribution is 0.778. The van der Waals surface area contributed by atoms with Crippen LogP contribution >= 0.6 is 67.8 Å². The van der Waals surface area contributed by atoms with Crippen LogP contribution in [0, 0.1) is 0 Å². The molecule has 0 aliphatic rings. The number of rotatable bonds is 12. The minimum absolute atomic E-state index is 1.27. The Morgan fingerprint density at radius 3 is 1.00 bits per heavy atom. The van der Waals surface area contributed by atoms with Crippen molar-refractivity contribution in [1.29, 1.82) is 0 Å². The third-order valence-corrected chi connectivity index (χ3v) is 5.95. The number of alkyl halides is 3. The molecule has 0 spiro atoms. The second-order valence-corrected chi connectivity index (χ2v) is 8.83. The van der Waals surface area contributed by atoms with Crippen molar-refractivity contribution in [3.8, 4) is 0 Å². The SMILES string of the molecule is ICCCCc1cc(CCCCI)cc(CCCCI)c1. The van der Waals surface area contributed by atoms with Crippen molar-refractivity contribution in [2.24, 2.45) is 0 Å². The van der Waals surface area contributed by atoms with Crippen molar-refractivity contribution in [2.75, 3.05) is 13.3 Å². The summed E-state index contributed by atoms with van der Waals surface area (Å²) in [7, 11) is 0. The van der Waals surface area contributed by atoms with Crippen molar-refractivity contribution in [1.82, 2.24) is 0 Å². The van der Waals surface area contributed by atoms with E-state index in [4.69, 9.17) is 0 Å². The topological polar surface area (TPSA) is 0 Å². The van der Waals surface area contributed by atoms with Gasteiger partial charge < -0.3 is 0 Å². The molecule has 1 aromatic carbocycles. The smallest absolute Gasteiger partial charge is 0.000461 e. The van der Waals surface area contributed by atoms with Crippen molar-refractivity contribution < 1.29 is 0 Å². The van der Waals surface area contributed by atoms with Crippen LogP contribution < -0.4 is 0 Å². The van der Waals surface area contributed by atoms with Gasteiger partial charge in [-0.15, -0.1) is 0 Å². The van der Waals surface area contributed by atoms with E-state index in [1.165, 1.54) is 71.1 Å². The van der Waals surface area contributed by atoms with Crippen LogP contribution in [0.25, 0.3) is 0 Å². The number of halogens is 3. The Hall–Kier alpha value is 1.41. The van der Waals surface area contributed by atoms with Crippen molar-refractivity contribution >= 4 is 67.8 Å². The molecule has 1 aromatic rings. The predicted octanol–water partition coefficient (Wildman–Crippen LogP) is 6.96. The molecular formula is C18H27I3. The molecular weight excluding hydrogens is 597 g/mol. The highest BCUT2D eigenvalue weighted by Crippen LogP contribution is 2.17. The Kier molecular flexibility index (Phi) is 13.5. The van der Waals surface area contributed by atoms with E-state index in [1.54, 1.807) is 16.7 Å². The van der Waals surface area contributed by atoms with Crippen LogP contribution in [0.4, 0.5) is 0 Å². The monoisotopic (exact) mass is 624 g/mol. The molecule has 3 heteroatoms. The molecule has 0 bridgehead atoms. The van der Waals surface area contributed by atoms with Gasteiger partial charge in [0, 0.05) is 0 Å². The van der Waals surface area contributed by atoms with E-state index in [-0.39, 0.29) is 0 Å². The zero-order chi connectivity index (χ0) is 15.3. The Bertz CT molecular complexity index is 307. The van der Waals surface area contributed by atoms with Crippen LogP contribution in [0.3, 0.4) is 0 Å². The van der Waals surface area contributed by atoms with Crippen LogP contribution in [-0.2, 0) is 19.3 Å². The maximum atomic E-state index is 2.49. The molecule has 0 aliphatic carbocycles. The number of hydrogen-bond donors (Lipinski definition) is 0. The number of unbranched alkanes of at least 4 members (excludes halogenated alkanes) is 3. The molecule has 1 rings (SSSR count). The van der Waals surface area contributed by atoms with E-state index in [1.807, 2.05) is 0 Å². The van der Waals surface area contributed by atoms with Crippen molar-refractivity contribution in [3.63, 3.8) is 0 Å². The lowest BCUT2D eigenvalue weighted by atomic mass is 9.96. The Balaban J connectivity index is 2.65. The van der Waals surface area contributed by atoms with Crippen molar-refractivity contribution in [3.05, 3.63) is 34.9 Å². The van der Waals surface area contributed by atoms with E-state index in [9.17, 15) is 0 Å². The average Bonchev–Trinajstić information content (AvgIpc) is 2.48. The quantitative estimate of drug-likeness (QED) is 0.134. The molecule has 21 heavy (non-hydrogen) atoms. The fourth-order valence-electron chi connectivity index (χ4n) is 2.54. The molecule has 0 nitrogen and oxygen atoms in total.